The summed E-state index contributed by atoms with van der Waals surface area (Å²) >= 11 is 0. The van der Waals surface area contributed by atoms with Crippen LogP contribution < -0.4 is 10.6 Å². The number of aryl methyl sites for hydroxylation is 1. The third-order valence-corrected chi connectivity index (χ3v) is 5.64. The molecule has 1 saturated carbocycles. The Morgan fingerprint density at radius 2 is 1.81 bits per heavy atom. The third-order valence-electron chi connectivity index (χ3n) is 5.64. The third kappa shape index (κ3) is 3.32. The second kappa shape index (κ2) is 6.78. The quantitative estimate of drug-likeness (QED) is 0.856. The molecule has 2 aliphatic carbocycles. The van der Waals surface area contributed by atoms with Gasteiger partial charge < -0.3 is 10.6 Å². The maximum absolute atomic E-state index is 12.7. The zero-order valence-electron chi connectivity index (χ0n) is 15.7. The smallest absolute Gasteiger partial charge is 0.257 e. The van der Waals surface area contributed by atoms with Gasteiger partial charge in [-0.15, -0.1) is 0 Å². The number of carbonyl (C=O) groups excluding carboxylic acids is 2. The van der Waals surface area contributed by atoms with Crippen LogP contribution in [0.3, 0.4) is 0 Å². The van der Waals surface area contributed by atoms with Crippen molar-refractivity contribution in [3.8, 4) is 0 Å². The molecule has 0 bridgehead atoms. The zero-order chi connectivity index (χ0) is 19.0. The Balaban J connectivity index is 1.48. The Labute approximate surface area is 159 Å². The molecule has 0 radical (unpaired) electrons. The van der Waals surface area contributed by atoms with Gasteiger partial charge in [-0.25, -0.2) is 0 Å². The van der Waals surface area contributed by atoms with Gasteiger partial charge in [-0.1, -0.05) is 6.07 Å². The SMILES string of the molecule is CN(C)C1(C(=O)Nc2cccc(NC(=O)c3cncc4c3CCC4)c2)CC1. The van der Waals surface area contributed by atoms with Gasteiger partial charge in [0.05, 0.1) is 5.56 Å². The van der Waals surface area contributed by atoms with E-state index in [1.165, 1.54) is 5.56 Å². The van der Waals surface area contributed by atoms with Crippen LogP contribution in [0, 0.1) is 0 Å². The number of rotatable bonds is 5. The van der Waals surface area contributed by atoms with Gasteiger partial charge >= 0.3 is 0 Å². The Morgan fingerprint density at radius 1 is 1.07 bits per heavy atom. The predicted molar refractivity (Wildman–Crippen MR) is 105 cm³/mol. The highest BCUT2D eigenvalue weighted by Crippen LogP contribution is 2.41. The minimum absolute atomic E-state index is 0.000977. The molecule has 6 heteroatoms. The lowest BCUT2D eigenvalue weighted by Crippen LogP contribution is -2.42. The van der Waals surface area contributed by atoms with E-state index in [1.54, 1.807) is 12.3 Å². The highest BCUT2D eigenvalue weighted by Gasteiger charge is 2.51. The fourth-order valence-corrected chi connectivity index (χ4v) is 3.81. The molecule has 2 aromatic rings. The van der Waals surface area contributed by atoms with Crippen molar-refractivity contribution in [3.05, 3.63) is 53.3 Å². The fourth-order valence-electron chi connectivity index (χ4n) is 3.81. The van der Waals surface area contributed by atoms with Crippen LogP contribution >= 0.6 is 0 Å². The van der Waals surface area contributed by atoms with Gasteiger partial charge in [-0.2, -0.15) is 0 Å². The first-order chi connectivity index (χ1) is 13.0. The highest BCUT2D eigenvalue weighted by atomic mass is 16.2. The summed E-state index contributed by atoms with van der Waals surface area (Å²) in [5, 5.41) is 5.91. The molecule has 6 nitrogen and oxygen atoms in total. The number of benzene rings is 1. The second-order valence-corrected chi connectivity index (χ2v) is 7.59. The monoisotopic (exact) mass is 364 g/mol. The van der Waals surface area contributed by atoms with E-state index in [4.69, 9.17) is 0 Å². The summed E-state index contributed by atoms with van der Waals surface area (Å²) in [5.74, 6) is -0.155. The van der Waals surface area contributed by atoms with Crippen LogP contribution in [0.2, 0.25) is 0 Å². The molecule has 2 N–H and O–H groups in total. The lowest BCUT2D eigenvalue weighted by Gasteiger charge is -2.22. The Morgan fingerprint density at radius 3 is 2.52 bits per heavy atom. The number of anilines is 2. The summed E-state index contributed by atoms with van der Waals surface area (Å²) in [6.07, 6.45) is 8.20. The summed E-state index contributed by atoms with van der Waals surface area (Å²) in [6, 6.07) is 7.27. The summed E-state index contributed by atoms with van der Waals surface area (Å²) < 4.78 is 0. The lowest BCUT2D eigenvalue weighted by atomic mass is 10.1. The first kappa shape index (κ1) is 17.7. The number of hydrogen-bond acceptors (Lipinski definition) is 4. The van der Waals surface area contributed by atoms with Gasteiger partial charge in [0, 0.05) is 23.8 Å². The van der Waals surface area contributed by atoms with E-state index in [0.717, 1.165) is 37.7 Å². The van der Waals surface area contributed by atoms with Crippen molar-refractivity contribution in [2.45, 2.75) is 37.6 Å². The number of likely N-dealkylation sites (N-methyl/N-ethyl adjacent to an activating group) is 1. The molecule has 1 aromatic carbocycles. The highest BCUT2D eigenvalue weighted by molar-refractivity contribution is 6.06. The number of pyridine rings is 1. The standard InChI is InChI=1S/C21H24N4O2/c1-25(2)21(9-10-21)20(27)24-16-7-4-6-15(11-16)23-19(26)18-13-22-12-14-5-3-8-17(14)18/h4,6-7,11-13H,3,5,8-10H2,1-2H3,(H,23,26)(H,24,27). The van der Waals surface area contributed by atoms with E-state index in [9.17, 15) is 9.59 Å². The largest absolute Gasteiger partial charge is 0.324 e. The Kier molecular flexibility index (Phi) is 4.44. The van der Waals surface area contributed by atoms with Gasteiger partial charge in [0.2, 0.25) is 5.91 Å². The van der Waals surface area contributed by atoms with Crippen molar-refractivity contribution < 1.29 is 9.59 Å². The van der Waals surface area contributed by atoms with Crippen LogP contribution in [0.15, 0.2) is 36.7 Å². The van der Waals surface area contributed by atoms with Gasteiger partial charge in [0.1, 0.15) is 5.54 Å². The maximum Gasteiger partial charge on any atom is 0.257 e. The van der Waals surface area contributed by atoms with Crippen molar-refractivity contribution in [2.24, 2.45) is 0 Å². The van der Waals surface area contributed by atoms with Crippen molar-refractivity contribution in [1.29, 1.82) is 0 Å². The van der Waals surface area contributed by atoms with Crippen LogP contribution in [-0.2, 0) is 17.6 Å². The first-order valence-corrected chi connectivity index (χ1v) is 9.36. The van der Waals surface area contributed by atoms with Crippen LogP contribution in [0.25, 0.3) is 0 Å². The number of carbonyl (C=O) groups is 2. The zero-order valence-corrected chi connectivity index (χ0v) is 15.7. The summed E-state index contributed by atoms with van der Waals surface area (Å²) in [7, 11) is 3.85. The topological polar surface area (TPSA) is 74.3 Å². The molecular weight excluding hydrogens is 340 g/mol. The van der Waals surface area contributed by atoms with E-state index in [0.29, 0.717) is 16.9 Å². The molecule has 2 aliphatic rings. The molecule has 4 rings (SSSR count). The minimum Gasteiger partial charge on any atom is -0.324 e. The summed E-state index contributed by atoms with van der Waals surface area (Å²) in [4.78, 5) is 31.5. The fraction of sp³-hybridized carbons (Fsp3) is 0.381. The number of hydrogen-bond donors (Lipinski definition) is 2. The van der Waals surface area contributed by atoms with Crippen molar-refractivity contribution in [2.75, 3.05) is 24.7 Å². The van der Waals surface area contributed by atoms with Crippen LogP contribution in [-0.4, -0.2) is 41.3 Å². The summed E-state index contributed by atoms with van der Waals surface area (Å²) in [5.41, 5.74) is 3.86. The van der Waals surface area contributed by atoms with Crippen molar-refractivity contribution >= 4 is 23.2 Å². The van der Waals surface area contributed by atoms with Crippen LogP contribution in [0.1, 0.15) is 40.7 Å². The van der Waals surface area contributed by atoms with Gasteiger partial charge in [-0.05, 0) is 75.5 Å². The molecule has 0 unspecified atom stereocenters. The second-order valence-electron chi connectivity index (χ2n) is 7.59. The molecule has 140 valence electrons. The number of nitrogens with one attached hydrogen (secondary N) is 2. The van der Waals surface area contributed by atoms with Gasteiger partial charge in [-0.3, -0.25) is 19.5 Å². The minimum atomic E-state index is -0.393. The first-order valence-electron chi connectivity index (χ1n) is 9.36. The molecule has 0 spiro atoms. The van der Waals surface area contributed by atoms with E-state index < -0.39 is 5.54 Å². The van der Waals surface area contributed by atoms with E-state index in [2.05, 4.69) is 15.6 Å². The maximum atomic E-state index is 12.7. The van der Waals surface area contributed by atoms with Crippen molar-refractivity contribution in [3.63, 3.8) is 0 Å². The molecule has 0 aliphatic heterocycles. The van der Waals surface area contributed by atoms with E-state index in [1.807, 2.05) is 43.4 Å². The molecule has 1 fully saturated rings. The molecular formula is C21H24N4O2. The normalized spacial score (nSPS) is 16.7. The number of amides is 2. The molecule has 2 amide bonds. The lowest BCUT2D eigenvalue weighted by molar-refractivity contribution is -0.121. The Bertz CT molecular complexity index is 903. The van der Waals surface area contributed by atoms with E-state index >= 15 is 0 Å². The average Bonchev–Trinajstić information content (AvgIpc) is 3.33. The number of nitrogens with zero attached hydrogens (tertiary/aromatic N) is 2. The van der Waals surface area contributed by atoms with Crippen molar-refractivity contribution in [1.82, 2.24) is 9.88 Å². The number of aromatic nitrogens is 1. The van der Waals surface area contributed by atoms with Crippen LogP contribution in [0.4, 0.5) is 11.4 Å². The van der Waals surface area contributed by atoms with Gasteiger partial charge in [0.15, 0.2) is 0 Å². The molecule has 0 atom stereocenters. The molecule has 1 heterocycles. The molecule has 1 aromatic heterocycles. The predicted octanol–water partition coefficient (Wildman–Crippen LogP) is 2.86. The molecule has 27 heavy (non-hydrogen) atoms. The van der Waals surface area contributed by atoms with E-state index in [-0.39, 0.29) is 11.8 Å². The Hall–Kier alpha value is -2.73. The van der Waals surface area contributed by atoms with Crippen LogP contribution in [0.5, 0.6) is 0 Å². The average molecular weight is 364 g/mol. The number of fused-ring (bicyclic) bond motifs is 1. The molecule has 0 saturated heterocycles. The van der Waals surface area contributed by atoms with Gasteiger partial charge in [0.25, 0.3) is 5.91 Å². The summed E-state index contributed by atoms with van der Waals surface area (Å²) in [6.45, 7) is 0.